The van der Waals surface area contributed by atoms with Gasteiger partial charge in [0.05, 0.1) is 5.02 Å². The fraction of sp³-hybridized carbons (Fsp3) is 0.467. The number of rotatable bonds is 2. The zero-order valence-electron chi connectivity index (χ0n) is 11.7. The van der Waals surface area contributed by atoms with Crippen molar-refractivity contribution >= 4 is 29.1 Å². The predicted octanol–water partition coefficient (Wildman–Crippen LogP) is 2.50. The van der Waals surface area contributed by atoms with Gasteiger partial charge in [-0.25, -0.2) is 4.39 Å². The number of halogens is 2. The minimum absolute atomic E-state index is 0.0141. The van der Waals surface area contributed by atoms with Crippen molar-refractivity contribution in [1.82, 2.24) is 5.32 Å². The van der Waals surface area contributed by atoms with E-state index in [-0.39, 0.29) is 35.7 Å². The predicted molar refractivity (Wildman–Crippen MR) is 77.7 cm³/mol. The molecule has 2 amide bonds. The molecule has 1 unspecified atom stereocenters. The molecule has 0 radical (unpaired) electrons. The number of carbonyl (C=O) groups excluding carboxylic acids is 2. The summed E-state index contributed by atoms with van der Waals surface area (Å²) in [7, 11) is 0. The molecule has 6 heteroatoms. The number of amides is 2. The van der Waals surface area contributed by atoms with Gasteiger partial charge in [-0.05, 0) is 43.9 Å². The van der Waals surface area contributed by atoms with Crippen LogP contribution < -0.4 is 10.2 Å². The van der Waals surface area contributed by atoms with E-state index in [1.165, 1.54) is 17.0 Å². The summed E-state index contributed by atoms with van der Waals surface area (Å²) in [4.78, 5) is 26.2. The van der Waals surface area contributed by atoms with Crippen LogP contribution in [0.2, 0.25) is 5.02 Å². The van der Waals surface area contributed by atoms with Crippen LogP contribution in [-0.4, -0.2) is 23.9 Å². The third-order valence-corrected chi connectivity index (χ3v) is 4.57. The van der Waals surface area contributed by atoms with Crippen molar-refractivity contribution in [3.05, 3.63) is 29.0 Å². The lowest BCUT2D eigenvalue weighted by atomic mass is 9.94. The van der Waals surface area contributed by atoms with Crippen LogP contribution in [0.4, 0.5) is 10.1 Å². The first kappa shape index (κ1) is 14.3. The maximum absolute atomic E-state index is 13.7. The zero-order chi connectivity index (χ0) is 15.2. The summed E-state index contributed by atoms with van der Waals surface area (Å²) >= 11 is 5.68. The molecule has 0 aromatic heterocycles. The fourth-order valence-corrected chi connectivity index (χ4v) is 2.96. The highest BCUT2D eigenvalue weighted by Crippen LogP contribution is 2.42. The Balaban J connectivity index is 1.98. The molecule has 0 spiro atoms. The first-order valence-electron chi connectivity index (χ1n) is 7.00. The Morgan fingerprint density at radius 2 is 2.10 bits per heavy atom. The monoisotopic (exact) mass is 310 g/mol. The molecule has 0 bridgehead atoms. The molecule has 1 aliphatic carbocycles. The van der Waals surface area contributed by atoms with Gasteiger partial charge in [-0.15, -0.1) is 0 Å². The first-order valence-corrected chi connectivity index (χ1v) is 7.37. The van der Waals surface area contributed by atoms with Gasteiger partial charge in [0, 0.05) is 18.7 Å². The molecule has 4 nitrogen and oxygen atoms in total. The summed E-state index contributed by atoms with van der Waals surface area (Å²) < 4.78 is 13.7. The van der Waals surface area contributed by atoms with Crippen LogP contribution in [0.3, 0.4) is 0 Å². The van der Waals surface area contributed by atoms with Crippen LogP contribution >= 0.6 is 11.6 Å². The summed E-state index contributed by atoms with van der Waals surface area (Å²) in [6.45, 7) is 2.00. The molecular weight excluding hydrogens is 295 g/mol. The third-order valence-electron chi connectivity index (χ3n) is 4.26. The number of benzene rings is 1. The summed E-state index contributed by atoms with van der Waals surface area (Å²) in [5.41, 5.74) is -0.464. The Labute approximate surface area is 127 Å². The van der Waals surface area contributed by atoms with Gasteiger partial charge in [-0.1, -0.05) is 11.6 Å². The van der Waals surface area contributed by atoms with Crippen LogP contribution in [0, 0.1) is 11.7 Å². The Morgan fingerprint density at radius 1 is 1.38 bits per heavy atom. The highest BCUT2D eigenvalue weighted by atomic mass is 35.5. The second-order valence-corrected chi connectivity index (χ2v) is 6.24. The van der Waals surface area contributed by atoms with Crippen LogP contribution in [-0.2, 0) is 9.59 Å². The van der Waals surface area contributed by atoms with Gasteiger partial charge >= 0.3 is 0 Å². The average molecular weight is 311 g/mol. The standard InChI is InChI=1S/C15H16ClFN2O2/c1-15(9-2-3-9)14(21)19(7-6-13(20)18-15)10-4-5-11(16)12(17)8-10/h4-5,8-9H,2-3,6-7H2,1H3,(H,18,20). The molecule has 1 aliphatic heterocycles. The highest BCUT2D eigenvalue weighted by Gasteiger charge is 2.51. The van der Waals surface area contributed by atoms with E-state index in [0.29, 0.717) is 5.69 Å². The number of nitrogens with zero attached hydrogens (tertiary/aromatic N) is 1. The third kappa shape index (κ3) is 2.50. The molecule has 2 fully saturated rings. The molecule has 1 N–H and O–H groups in total. The molecule has 2 aliphatic rings. The van der Waals surface area contributed by atoms with Crippen LogP contribution in [0.1, 0.15) is 26.2 Å². The molecule has 21 heavy (non-hydrogen) atoms. The van der Waals surface area contributed by atoms with E-state index >= 15 is 0 Å². The van der Waals surface area contributed by atoms with Gasteiger partial charge in [0.2, 0.25) is 5.91 Å². The summed E-state index contributed by atoms with van der Waals surface area (Å²) in [5, 5.41) is 2.86. The molecule has 1 saturated heterocycles. The summed E-state index contributed by atoms with van der Waals surface area (Å²) in [5.74, 6) is -0.738. The lowest BCUT2D eigenvalue weighted by molar-refractivity contribution is -0.130. The number of hydrogen-bond acceptors (Lipinski definition) is 2. The minimum atomic E-state index is -0.899. The first-order chi connectivity index (χ1) is 9.91. The summed E-state index contributed by atoms with van der Waals surface area (Å²) in [6.07, 6.45) is 2.05. The van der Waals surface area contributed by atoms with Gasteiger partial charge in [-0.3, -0.25) is 9.59 Å². The maximum Gasteiger partial charge on any atom is 0.252 e. The van der Waals surface area contributed by atoms with E-state index < -0.39 is 11.4 Å². The van der Waals surface area contributed by atoms with Crippen molar-refractivity contribution in [1.29, 1.82) is 0 Å². The fourth-order valence-electron chi connectivity index (χ4n) is 2.84. The van der Waals surface area contributed by atoms with Crippen molar-refractivity contribution in [3.8, 4) is 0 Å². The van der Waals surface area contributed by atoms with Crippen molar-refractivity contribution in [2.24, 2.45) is 5.92 Å². The second kappa shape index (κ2) is 4.98. The quantitative estimate of drug-likeness (QED) is 0.912. The van der Waals surface area contributed by atoms with Crippen molar-refractivity contribution in [2.45, 2.75) is 31.7 Å². The van der Waals surface area contributed by atoms with Crippen molar-refractivity contribution in [3.63, 3.8) is 0 Å². The van der Waals surface area contributed by atoms with Crippen molar-refractivity contribution in [2.75, 3.05) is 11.4 Å². The number of nitrogens with one attached hydrogen (secondary N) is 1. The van der Waals surface area contributed by atoms with E-state index in [9.17, 15) is 14.0 Å². The molecule has 1 heterocycles. The SMILES string of the molecule is CC1(C2CC2)NC(=O)CCN(c2ccc(Cl)c(F)c2)C1=O. The lowest BCUT2D eigenvalue weighted by Crippen LogP contribution is -2.56. The van der Waals surface area contributed by atoms with Gasteiger partial charge < -0.3 is 10.2 Å². The smallest absolute Gasteiger partial charge is 0.252 e. The zero-order valence-corrected chi connectivity index (χ0v) is 12.4. The van der Waals surface area contributed by atoms with Crippen LogP contribution in [0.25, 0.3) is 0 Å². The Bertz CT molecular complexity index is 618. The van der Waals surface area contributed by atoms with Gasteiger partial charge in [0.15, 0.2) is 0 Å². The van der Waals surface area contributed by atoms with Gasteiger partial charge in [0.1, 0.15) is 11.4 Å². The normalized spacial score (nSPS) is 26.5. The molecule has 112 valence electrons. The topological polar surface area (TPSA) is 49.4 Å². The molecule has 1 aromatic carbocycles. The second-order valence-electron chi connectivity index (χ2n) is 5.83. The van der Waals surface area contributed by atoms with Crippen molar-refractivity contribution < 1.29 is 14.0 Å². The van der Waals surface area contributed by atoms with Gasteiger partial charge in [0.25, 0.3) is 5.91 Å². The van der Waals surface area contributed by atoms with Gasteiger partial charge in [-0.2, -0.15) is 0 Å². The molecule has 1 saturated carbocycles. The minimum Gasteiger partial charge on any atom is -0.342 e. The largest absolute Gasteiger partial charge is 0.342 e. The maximum atomic E-state index is 13.7. The number of hydrogen-bond donors (Lipinski definition) is 1. The highest BCUT2D eigenvalue weighted by molar-refractivity contribution is 6.30. The average Bonchev–Trinajstić information content (AvgIpc) is 3.26. The van der Waals surface area contributed by atoms with E-state index in [1.807, 2.05) is 0 Å². The molecular formula is C15H16ClFN2O2. The van der Waals surface area contributed by atoms with Crippen LogP contribution in [0.15, 0.2) is 18.2 Å². The van der Waals surface area contributed by atoms with Crippen LogP contribution in [0.5, 0.6) is 0 Å². The molecule has 1 atom stereocenters. The Morgan fingerprint density at radius 3 is 2.71 bits per heavy atom. The number of anilines is 1. The Kier molecular flexibility index (Phi) is 3.40. The lowest BCUT2D eigenvalue weighted by Gasteiger charge is -2.32. The van der Waals surface area contributed by atoms with E-state index in [2.05, 4.69) is 5.32 Å². The van der Waals surface area contributed by atoms with E-state index in [4.69, 9.17) is 11.6 Å². The van der Waals surface area contributed by atoms with E-state index in [0.717, 1.165) is 12.8 Å². The summed E-state index contributed by atoms with van der Waals surface area (Å²) in [6, 6.07) is 4.27. The molecule has 1 aromatic rings. The Hall–Kier alpha value is -1.62. The molecule has 3 rings (SSSR count). The number of carbonyl (C=O) groups is 2. The van der Waals surface area contributed by atoms with E-state index in [1.54, 1.807) is 13.0 Å².